The minimum Gasteiger partial charge on any atom is -0.508 e. The minimum atomic E-state index is 0. The second-order valence-corrected chi connectivity index (χ2v) is 8.66. The van der Waals surface area contributed by atoms with Crippen molar-refractivity contribution in [1.82, 2.24) is 14.5 Å². The predicted octanol–water partition coefficient (Wildman–Crippen LogP) is 4.25. The Labute approximate surface area is 198 Å². The molecule has 0 saturated carbocycles. The number of rotatable bonds is 9. The first kappa shape index (κ1) is 24.4. The number of carbonyl (C=O) groups excluding carboxylic acids is 1. The van der Waals surface area contributed by atoms with E-state index in [2.05, 4.69) is 5.32 Å². The summed E-state index contributed by atoms with van der Waals surface area (Å²) >= 11 is 6.12. The second kappa shape index (κ2) is 10.6. The van der Waals surface area contributed by atoms with Crippen LogP contribution in [-0.4, -0.2) is 33.1 Å². The van der Waals surface area contributed by atoms with Gasteiger partial charge in [0.15, 0.2) is 5.78 Å². The largest absolute Gasteiger partial charge is 0.508 e. The molecule has 4 rings (SSSR count). The van der Waals surface area contributed by atoms with Gasteiger partial charge in [0.25, 0.3) is 0 Å². The first-order valence-electron chi connectivity index (χ1n) is 10.9. The number of hydrogen-bond acceptors (Lipinski definition) is 4. The van der Waals surface area contributed by atoms with Gasteiger partial charge in [-0.2, -0.15) is 0 Å². The van der Waals surface area contributed by atoms with Crippen LogP contribution >= 0.6 is 24.0 Å². The summed E-state index contributed by atoms with van der Waals surface area (Å²) in [6, 6.07) is 8.90. The van der Waals surface area contributed by atoms with Crippen LogP contribution in [0.1, 0.15) is 47.2 Å². The molecule has 0 unspecified atom stereocenters. The van der Waals surface area contributed by atoms with Crippen molar-refractivity contribution in [2.45, 2.75) is 45.1 Å². The second-order valence-electron chi connectivity index (χ2n) is 8.26. The van der Waals surface area contributed by atoms with Crippen molar-refractivity contribution in [3.8, 4) is 5.75 Å². The summed E-state index contributed by atoms with van der Waals surface area (Å²) < 4.78 is 3.49. The van der Waals surface area contributed by atoms with Crippen LogP contribution in [0.5, 0.6) is 5.75 Å². The van der Waals surface area contributed by atoms with Crippen molar-refractivity contribution in [3.63, 3.8) is 0 Å². The molecule has 0 atom stereocenters. The normalized spacial score (nSPS) is 12.7. The fourth-order valence-electron chi connectivity index (χ4n) is 4.38. The van der Waals surface area contributed by atoms with Crippen LogP contribution in [0.4, 0.5) is 0 Å². The summed E-state index contributed by atoms with van der Waals surface area (Å²) in [6.45, 7) is 2.39. The Balaban J connectivity index is 0.00000289. The number of imidazole rings is 1. The maximum atomic E-state index is 12.8. The number of Topliss-reactive ketones (excluding diaryl/α,β-unsaturated/α-hetero) is 1. The first-order valence-corrected chi connectivity index (χ1v) is 11.3. The molecule has 2 N–H and O–H groups in total. The van der Waals surface area contributed by atoms with Crippen LogP contribution in [0.3, 0.4) is 0 Å². The van der Waals surface area contributed by atoms with E-state index in [1.54, 1.807) is 23.7 Å². The zero-order valence-electron chi connectivity index (χ0n) is 18.2. The zero-order chi connectivity index (χ0) is 22.0. The number of aromatic hydroxyl groups is 1. The van der Waals surface area contributed by atoms with Crippen LogP contribution in [0, 0.1) is 0 Å². The third-order valence-corrected chi connectivity index (χ3v) is 6.43. The van der Waals surface area contributed by atoms with Gasteiger partial charge in [0, 0.05) is 30.6 Å². The molecule has 0 fully saturated rings. The number of nitrogens with one attached hydrogen (secondary N) is 1. The number of phenolic OH excluding ortho intramolecular Hbond substituents is 1. The Morgan fingerprint density at radius 1 is 1.19 bits per heavy atom. The van der Waals surface area contributed by atoms with E-state index in [9.17, 15) is 14.7 Å². The number of aromatic nitrogens is 2. The molecule has 1 aromatic heterocycles. The van der Waals surface area contributed by atoms with Gasteiger partial charge in [-0.3, -0.25) is 13.9 Å². The highest BCUT2D eigenvalue weighted by Gasteiger charge is 2.20. The Hall–Kier alpha value is -2.28. The molecule has 2 aromatic carbocycles. The Kier molecular flexibility index (Phi) is 8.04. The average molecular weight is 478 g/mol. The topological polar surface area (TPSA) is 76.3 Å². The molecular formula is C24H29Cl2N3O3. The standard InChI is InChI=1S/C24H28ClN3O3.ClH/c1-27-21-14-18(13-17-5-4-12-28(23(17)21)24(27)31)22(30)6-2-3-10-26-11-9-16-7-8-19(29)15-20(16)25;/h7-8,13-15,26,29H,2-6,9-12H2,1H3;1H. The number of unbranched alkanes of at least 4 members (excludes halogenated alkanes) is 1. The molecular weight excluding hydrogens is 449 g/mol. The van der Waals surface area contributed by atoms with Gasteiger partial charge in [0.05, 0.1) is 11.0 Å². The molecule has 0 amide bonds. The van der Waals surface area contributed by atoms with Crippen LogP contribution in [-0.2, 0) is 26.4 Å². The van der Waals surface area contributed by atoms with Crippen molar-refractivity contribution in [2.75, 3.05) is 13.1 Å². The molecule has 0 spiro atoms. The molecule has 32 heavy (non-hydrogen) atoms. The number of carbonyl (C=O) groups is 1. The highest BCUT2D eigenvalue weighted by molar-refractivity contribution is 6.31. The highest BCUT2D eigenvalue weighted by atomic mass is 35.5. The molecule has 0 radical (unpaired) electrons. The fraction of sp³-hybridized carbons (Fsp3) is 0.417. The summed E-state index contributed by atoms with van der Waals surface area (Å²) in [6.07, 6.45) is 4.88. The van der Waals surface area contributed by atoms with Gasteiger partial charge in [-0.1, -0.05) is 17.7 Å². The van der Waals surface area contributed by atoms with E-state index < -0.39 is 0 Å². The van der Waals surface area contributed by atoms with Crippen molar-refractivity contribution in [3.05, 3.63) is 62.5 Å². The Morgan fingerprint density at radius 3 is 2.78 bits per heavy atom. The van der Waals surface area contributed by atoms with Crippen molar-refractivity contribution < 1.29 is 9.90 Å². The van der Waals surface area contributed by atoms with Crippen LogP contribution in [0.2, 0.25) is 5.02 Å². The summed E-state index contributed by atoms with van der Waals surface area (Å²) in [4.78, 5) is 25.2. The van der Waals surface area contributed by atoms with Gasteiger partial charge >= 0.3 is 5.69 Å². The molecule has 0 aliphatic carbocycles. The first-order chi connectivity index (χ1) is 15.0. The lowest BCUT2D eigenvalue weighted by molar-refractivity contribution is 0.0979. The number of nitrogens with zero attached hydrogens (tertiary/aromatic N) is 2. The summed E-state index contributed by atoms with van der Waals surface area (Å²) in [5.41, 5.74) is 4.68. The summed E-state index contributed by atoms with van der Waals surface area (Å²) in [5, 5.41) is 13.4. The van der Waals surface area contributed by atoms with Crippen molar-refractivity contribution >= 4 is 40.8 Å². The molecule has 1 aliphatic heterocycles. The SMILES string of the molecule is Cl.Cn1c(=O)n2c3c(cc(C(=O)CCCCNCCc4ccc(O)cc4Cl)cc31)CCC2. The molecule has 172 valence electrons. The van der Waals surface area contributed by atoms with Crippen LogP contribution in [0.15, 0.2) is 35.1 Å². The number of ketones is 1. The minimum absolute atomic E-state index is 0. The van der Waals surface area contributed by atoms with Crippen molar-refractivity contribution in [2.24, 2.45) is 7.05 Å². The maximum Gasteiger partial charge on any atom is 0.328 e. The lowest BCUT2D eigenvalue weighted by Gasteiger charge is -2.15. The maximum absolute atomic E-state index is 12.8. The number of aryl methyl sites for hydroxylation is 3. The third-order valence-electron chi connectivity index (χ3n) is 6.08. The molecule has 0 saturated heterocycles. The van der Waals surface area contributed by atoms with Crippen LogP contribution in [0.25, 0.3) is 11.0 Å². The van der Waals surface area contributed by atoms with Gasteiger partial charge in [-0.05, 0) is 80.6 Å². The summed E-state index contributed by atoms with van der Waals surface area (Å²) in [7, 11) is 1.78. The number of phenols is 1. The van der Waals surface area contributed by atoms with Gasteiger partial charge in [0.1, 0.15) is 5.75 Å². The molecule has 6 nitrogen and oxygen atoms in total. The number of halogens is 2. The van der Waals surface area contributed by atoms with Gasteiger partial charge < -0.3 is 10.4 Å². The Morgan fingerprint density at radius 2 is 2.00 bits per heavy atom. The van der Waals surface area contributed by atoms with Crippen LogP contribution < -0.4 is 11.0 Å². The van der Waals surface area contributed by atoms with E-state index in [-0.39, 0.29) is 29.6 Å². The van der Waals surface area contributed by atoms with E-state index >= 15 is 0 Å². The average Bonchev–Trinajstić information content (AvgIpc) is 3.00. The predicted molar refractivity (Wildman–Crippen MR) is 131 cm³/mol. The lowest BCUT2D eigenvalue weighted by atomic mass is 9.97. The zero-order valence-corrected chi connectivity index (χ0v) is 19.8. The molecule has 2 heterocycles. The quantitative estimate of drug-likeness (QED) is 0.356. The van der Waals surface area contributed by atoms with Gasteiger partial charge in [0.2, 0.25) is 0 Å². The number of hydrogen-bond donors (Lipinski definition) is 2. The van der Waals surface area contributed by atoms with E-state index in [4.69, 9.17) is 11.6 Å². The van der Waals surface area contributed by atoms with E-state index in [1.165, 1.54) is 0 Å². The fourth-order valence-corrected chi connectivity index (χ4v) is 4.65. The Bertz CT molecular complexity index is 1180. The molecule has 0 bridgehead atoms. The summed E-state index contributed by atoms with van der Waals surface area (Å²) in [5.74, 6) is 0.314. The molecule has 8 heteroatoms. The molecule has 1 aliphatic rings. The smallest absolute Gasteiger partial charge is 0.328 e. The van der Waals surface area contributed by atoms with Gasteiger partial charge in [-0.25, -0.2) is 4.79 Å². The van der Waals surface area contributed by atoms with Gasteiger partial charge in [-0.15, -0.1) is 12.4 Å². The number of benzene rings is 2. The highest BCUT2D eigenvalue weighted by Crippen LogP contribution is 2.26. The van der Waals surface area contributed by atoms with E-state index in [1.807, 2.05) is 22.8 Å². The van der Waals surface area contributed by atoms with Crippen molar-refractivity contribution in [1.29, 1.82) is 0 Å². The third kappa shape index (κ3) is 5.03. The van der Waals surface area contributed by atoms with E-state index in [0.717, 1.165) is 73.9 Å². The lowest BCUT2D eigenvalue weighted by Crippen LogP contribution is -2.24. The monoisotopic (exact) mass is 477 g/mol. The molecule has 3 aromatic rings. The van der Waals surface area contributed by atoms with E-state index in [0.29, 0.717) is 17.0 Å².